The predicted octanol–water partition coefficient (Wildman–Crippen LogP) is 2.89. The van der Waals surface area contributed by atoms with Crippen LogP contribution in [0.15, 0.2) is 24.3 Å². The average molecular weight is 382 g/mol. The predicted molar refractivity (Wildman–Crippen MR) is 108 cm³/mol. The lowest BCUT2D eigenvalue weighted by Crippen LogP contribution is -2.33. The second-order valence-electron chi connectivity index (χ2n) is 7.00. The van der Waals surface area contributed by atoms with Crippen molar-refractivity contribution in [3.8, 4) is 0 Å². The Morgan fingerprint density at radius 1 is 1.23 bits per heavy atom. The molecule has 146 valence electrons. The van der Waals surface area contributed by atoms with Crippen LogP contribution < -0.4 is 16.0 Å². The molecular formula is C20H32ClN3O2. The van der Waals surface area contributed by atoms with Gasteiger partial charge in [-0.15, -0.1) is 12.4 Å². The van der Waals surface area contributed by atoms with E-state index in [0.717, 1.165) is 37.9 Å². The fourth-order valence-electron chi connectivity index (χ4n) is 3.31. The molecule has 1 unspecified atom stereocenters. The number of amides is 2. The van der Waals surface area contributed by atoms with E-state index in [0.29, 0.717) is 36.9 Å². The lowest BCUT2D eigenvalue weighted by Gasteiger charge is -2.27. The number of piperidine rings is 1. The molecule has 1 fully saturated rings. The van der Waals surface area contributed by atoms with Crippen LogP contribution in [0.4, 0.5) is 0 Å². The maximum atomic E-state index is 12.2. The molecule has 1 heterocycles. The largest absolute Gasteiger partial charge is 0.352 e. The minimum absolute atomic E-state index is 0. The van der Waals surface area contributed by atoms with Crippen LogP contribution in [0.3, 0.4) is 0 Å². The zero-order valence-corrected chi connectivity index (χ0v) is 16.7. The molecule has 0 aliphatic carbocycles. The molecule has 26 heavy (non-hydrogen) atoms. The van der Waals surface area contributed by atoms with Gasteiger partial charge >= 0.3 is 0 Å². The monoisotopic (exact) mass is 381 g/mol. The highest BCUT2D eigenvalue weighted by Gasteiger charge is 2.21. The molecule has 2 amide bonds. The van der Waals surface area contributed by atoms with Crippen LogP contribution in [0, 0.1) is 11.8 Å². The molecule has 1 aromatic carbocycles. The minimum Gasteiger partial charge on any atom is -0.352 e. The third-order valence-electron chi connectivity index (χ3n) is 4.91. The zero-order valence-electron chi connectivity index (χ0n) is 15.8. The van der Waals surface area contributed by atoms with Gasteiger partial charge in [0.2, 0.25) is 5.91 Å². The van der Waals surface area contributed by atoms with Crippen LogP contribution in [0.1, 0.15) is 55.5 Å². The SMILES string of the molecule is CCCNC(=O)c1cccc(CNC(=O)CC(C)C2CCNCC2)c1.Cl. The Morgan fingerprint density at radius 2 is 1.96 bits per heavy atom. The van der Waals surface area contributed by atoms with Gasteiger partial charge in [-0.3, -0.25) is 9.59 Å². The molecule has 1 atom stereocenters. The molecule has 0 bridgehead atoms. The summed E-state index contributed by atoms with van der Waals surface area (Å²) in [4.78, 5) is 24.2. The van der Waals surface area contributed by atoms with E-state index in [9.17, 15) is 9.59 Å². The van der Waals surface area contributed by atoms with Crippen LogP contribution in [0.25, 0.3) is 0 Å². The van der Waals surface area contributed by atoms with Gasteiger partial charge in [-0.25, -0.2) is 0 Å². The first-order valence-electron chi connectivity index (χ1n) is 9.44. The normalized spacial score (nSPS) is 15.6. The van der Waals surface area contributed by atoms with Crippen LogP contribution in [0.2, 0.25) is 0 Å². The van der Waals surface area contributed by atoms with Crippen molar-refractivity contribution in [2.45, 2.75) is 46.1 Å². The number of halogens is 1. The number of nitrogens with one attached hydrogen (secondary N) is 3. The van der Waals surface area contributed by atoms with Crippen molar-refractivity contribution >= 4 is 24.2 Å². The van der Waals surface area contributed by atoms with Gasteiger partial charge in [-0.2, -0.15) is 0 Å². The molecule has 1 aromatic rings. The Balaban J connectivity index is 0.00000338. The number of hydrogen-bond acceptors (Lipinski definition) is 3. The maximum absolute atomic E-state index is 12.2. The summed E-state index contributed by atoms with van der Waals surface area (Å²) in [7, 11) is 0. The molecule has 0 saturated carbocycles. The van der Waals surface area contributed by atoms with Gasteiger partial charge in [0.05, 0.1) is 0 Å². The minimum atomic E-state index is -0.0606. The zero-order chi connectivity index (χ0) is 18.1. The first-order chi connectivity index (χ1) is 12.1. The second-order valence-corrected chi connectivity index (χ2v) is 7.00. The van der Waals surface area contributed by atoms with Crippen LogP contribution in [-0.4, -0.2) is 31.4 Å². The Morgan fingerprint density at radius 3 is 2.65 bits per heavy atom. The molecule has 1 aliphatic heterocycles. The lowest BCUT2D eigenvalue weighted by atomic mass is 9.84. The first-order valence-corrected chi connectivity index (χ1v) is 9.44. The topological polar surface area (TPSA) is 70.2 Å². The highest BCUT2D eigenvalue weighted by atomic mass is 35.5. The Labute approximate surface area is 163 Å². The molecule has 0 aromatic heterocycles. The van der Waals surface area contributed by atoms with Crippen LogP contribution in [0.5, 0.6) is 0 Å². The van der Waals surface area contributed by atoms with Crippen molar-refractivity contribution < 1.29 is 9.59 Å². The highest BCUT2D eigenvalue weighted by Crippen LogP contribution is 2.24. The van der Waals surface area contributed by atoms with Gasteiger partial charge in [0.25, 0.3) is 5.91 Å². The highest BCUT2D eigenvalue weighted by molar-refractivity contribution is 5.94. The van der Waals surface area contributed by atoms with Gasteiger partial charge in [-0.05, 0) is 61.9 Å². The van der Waals surface area contributed by atoms with E-state index in [4.69, 9.17) is 0 Å². The molecule has 1 saturated heterocycles. The van der Waals surface area contributed by atoms with E-state index in [2.05, 4.69) is 22.9 Å². The third kappa shape index (κ3) is 7.34. The number of carbonyl (C=O) groups is 2. The standard InChI is InChI=1S/C20H31N3O2.ClH/c1-3-9-22-20(25)18-6-4-5-16(13-18)14-23-19(24)12-15(2)17-7-10-21-11-8-17;/h4-6,13,15,17,21H,3,7-12,14H2,1-2H3,(H,22,25)(H,23,24);1H. The van der Waals surface area contributed by atoms with Crippen LogP contribution in [-0.2, 0) is 11.3 Å². The number of carbonyl (C=O) groups excluding carboxylic acids is 2. The van der Waals surface area contributed by atoms with E-state index < -0.39 is 0 Å². The molecule has 5 nitrogen and oxygen atoms in total. The fraction of sp³-hybridized carbons (Fsp3) is 0.600. The quantitative estimate of drug-likeness (QED) is 0.648. The van der Waals surface area contributed by atoms with Gasteiger partial charge in [-0.1, -0.05) is 26.0 Å². The Kier molecular flexibility index (Phi) is 10.3. The van der Waals surface area contributed by atoms with Crippen molar-refractivity contribution in [3.63, 3.8) is 0 Å². The van der Waals surface area contributed by atoms with Crippen LogP contribution >= 0.6 is 12.4 Å². The van der Waals surface area contributed by atoms with E-state index in [1.165, 1.54) is 0 Å². The van der Waals surface area contributed by atoms with E-state index in [1.807, 2.05) is 25.1 Å². The fourth-order valence-corrected chi connectivity index (χ4v) is 3.31. The maximum Gasteiger partial charge on any atom is 0.251 e. The van der Waals surface area contributed by atoms with Gasteiger partial charge in [0.1, 0.15) is 0 Å². The van der Waals surface area contributed by atoms with Crippen molar-refractivity contribution in [1.29, 1.82) is 0 Å². The van der Waals surface area contributed by atoms with Gasteiger partial charge in [0, 0.05) is 25.1 Å². The van der Waals surface area contributed by atoms with Gasteiger partial charge in [0.15, 0.2) is 0 Å². The lowest BCUT2D eigenvalue weighted by molar-refractivity contribution is -0.122. The summed E-state index contributed by atoms with van der Waals surface area (Å²) in [6.45, 7) is 7.46. The van der Waals surface area contributed by atoms with E-state index in [-0.39, 0.29) is 24.2 Å². The van der Waals surface area contributed by atoms with Crippen molar-refractivity contribution in [1.82, 2.24) is 16.0 Å². The smallest absolute Gasteiger partial charge is 0.251 e. The van der Waals surface area contributed by atoms with Crippen molar-refractivity contribution in [3.05, 3.63) is 35.4 Å². The molecule has 6 heteroatoms. The summed E-state index contributed by atoms with van der Waals surface area (Å²) in [5.41, 5.74) is 1.59. The Bertz CT molecular complexity index is 574. The molecular weight excluding hydrogens is 350 g/mol. The van der Waals surface area contributed by atoms with Crippen molar-refractivity contribution in [2.75, 3.05) is 19.6 Å². The number of rotatable bonds is 8. The summed E-state index contributed by atoms with van der Waals surface area (Å²) in [5.74, 6) is 1.08. The summed E-state index contributed by atoms with van der Waals surface area (Å²) < 4.78 is 0. The van der Waals surface area contributed by atoms with Gasteiger partial charge < -0.3 is 16.0 Å². The average Bonchev–Trinajstić information content (AvgIpc) is 2.65. The first kappa shape index (κ1) is 22.5. The van der Waals surface area contributed by atoms with E-state index >= 15 is 0 Å². The molecule has 0 radical (unpaired) electrons. The molecule has 3 N–H and O–H groups in total. The summed E-state index contributed by atoms with van der Waals surface area (Å²) in [6, 6.07) is 7.45. The molecule has 0 spiro atoms. The summed E-state index contributed by atoms with van der Waals surface area (Å²) >= 11 is 0. The van der Waals surface area contributed by atoms with E-state index in [1.54, 1.807) is 6.07 Å². The summed E-state index contributed by atoms with van der Waals surface area (Å²) in [6.07, 6.45) is 3.80. The Hall–Kier alpha value is -1.59. The number of hydrogen-bond donors (Lipinski definition) is 3. The molecule has 2 rings (SSSR count). The summed E-state index contributed by atoms with van der Waals surface area (Å²) in [5, 5.41) is 9.23. The third-order valence-corrected chi connectivity index (χ3v) is 4.91. The van der Waals surface area contributed by atoms with Crippen molar-refractivity contribution in [2.24, 2.45) is 11.8 Å². The molecule has 1 aliphatic rings. The number of benzene rings is 1. The second kappa shape index (κ2) is 11.9.